The second kappa shape index (κ2) is 7.89. The third-order valence-corrected chi connectivity index (χ3v) is 3.51. The molecule has 0 amide bonds. The number of hydrogen-bond donors (Lipinski definition) is 3. The first kappa shape index (κ1) is 15.6. The van der Waals surface area contributed by atoms with Gasteiger partial charge in [0.25, 0.3) is 0 Å². The third kappa shape index (κ3) is 5.39. The Morgan fingerprint density at radius 2 is 1.84 bits per heavy atom. The van der Waals surface area contributed by atoms with Crippen LogP contribution in [-0.4, -0.2) is 30.6 Å². The summed E-state index contributed by atoms with van der Waals surface area (Å²) in [5.41, 5.74) is 13.8. The lowest BCUT2D eigenvalue weighted by Gasteiger charge is -2.20. The number of nitrogen functional groups attached to an aromatic ring is 2. The topological polar surface area (TPSA) is 67.3 Å². The largest absolute Gasteiger partial charge is 0.397 e. The number of hydrogen-bond acceptors (Lipinski definition) is 4. The van der Waals surface area contributed by atoms with E-state index >= 15 is 0 Å². The molecule has 0 aliphatic carbocycles. The average Bonchev–Trinajstić information content (AvgIpc) is 2.39. The molecule has 0 aliphatic heterocycles. The van der Waals surface area contributed by atoms with Crippen molar-refractivity contribution in [2.75, 3.05) is 36.4 Å². The van der Waals surface area contributed by atoms with Crippen LogP contribution in [0.15, 0.2) is 18.2 Å². The first-order chi connectivity index (χ1) is 9.06. The zero-order valence-corrected chi connectivity index (χ0v) is 12.4. The Balaban J connectivity index is 2.34. The normalized spacial score (nSPS) is 12.6. The highest BCUT2D eigenvalue weighted by Gasteiger charge is 2.05. The molecule has 0 spiro atoms. The van der Waals surface area contributed by atoms with E-state index in [4.69, 9.17) is 11.5 Å². The highest BCUT2D eigenvalue weighted by Crippen LogP contribution is 2.20. The summed E-state index contributed by atoms with van der Waals surface area (Å²) < 4.78 is 0. The first-order valence-electron chi connectivity index (χ1n) is 7.20. The van der Waals surface area contributed by atoms with Crippen LogP contribution in [0.3, 0.4) is 0 Å². The molecular formula is C15H28N4. The van der Waals surface area contributed by atoms with E-state index in [-0.39, 0.29) is 0 Å². The van der Waals surface area contributed by atoms with E-state index in [2.05, 4.69) is 31.0 Å². The maximum atomic E-state index is 5.80. The summed E-state index contributed by atoms with van der Waals surface area (Å²) in [6, 6.07) is 6.17. The molecule has 108 valence electrons. The summed E-state index contributed by atoms with van der Waals surface area (Å²) in [6.45, 7) is 10.1. The summed E-state index contributed by atoms with van der Waals surface area (Å²) >= 11 is 0. The van der Waals surface area contributed by atoms with Crippen molar-refractivity contribution in [3.05, 3.63) is 18.2 Å². The molecule has 0 radical (unpaired) electrons. The lowest BCUT2D eigenvalue weighted by Crippen LogP contribution is -2.25. The van der Waals surface area contributed by atoms with Crippen LogP contribution in [0.5, 0.6) is 0 Å². The van der Waals surface area contributed by atoms with E-state index in [0.717, 1.165) is 25.2 Å². The monoisotopic (exact) mass is 264 g/mol. The highest BCUT2D eigenvalue weighted by atomic mass is 15.1. The van der Waals surface area contributed by atoms with Gasteiger partial charge >= 0.3 is 0 Å². The molecule has 1 unspecified atom stereocenters. The fraction of sp³-hybridized carbons (Fsp3) is 0.600. The molecule has 0 aromatic heterocycles. The molecule has 0 fully saturated rings. The van der Waals surface area contributed by atoms with Crippen molar-refractivity contribution in [1.82, 2.24) is 4.90 Å². The molecule has 1 aromatic carbocycles. The predicted molar refractivity (Wildman–Crippen MR) is 85.4 cm³/mol. The van der Waals surface area contributed by atoms with Gasteiger partial charge in [-0.1, -0.05) is 13.8 Å². The standard InChI is InChI=1S/C15H28N4/c1-4-19(5-2)10-6-7-12(3)18-13-8-9-14(16)15(17)11-13/h8-9,11-12,18H,4-7,10,16-17H2,1-3H3. The Kier molecular flexibility index (Phi) is 6.50. The summed E-state index contributed by atoms with van der Waals surface area (Å²) in [5, 5.41) is 3.47. The van der Waals surface area contributed by atoms with E-state index in [1.165, 1.54) is 13.0 Å². The van der Waals surface area contributed by atoms with Crippen LogP contribution in [0.2, 0.25) is 0 Å². The molecule has 0 heterocycles. The number of anilines is 3. The number of nitrogens with two attached hydrogens (primary N) is 2. The predicted octanol–water partition coefficient (Wildman–Crippen LogP) is 2.77. The Morgan fingerprint density at radius 1 is 1.16 bits per heavy atom. The van der Waals surface area contributed by atoms with Crippen molar-refractivity contribution in [2.24, 2.45) is 0 Å². The van der Waals surface area contributed by atoms with E-state index in [9.17, 15) is 0 Å². The molecular weight excluding hydrogens is 236 g/mol. The molecule has 0 saturated heterocycles. The molecule has 0 aliphatic rings. The Morgan fingerprint density at radius 3 is 2.42 bits per heavy atom. The van der Waals surface area contributed by atoms with Crippen molar-refractivity contribution in [3.8, 4) is 0 Å². The Hall–Kier alpha value is -1.42. The van der Waals surface area contributed by atoms with Crippen LogP contribution in [-0.2, 0) is 0 Å². The fourth-order valence-corrected chi connectivity index (χ4v) is 2.18. The quantitative estimate of drug-likeness (QED) is 0.632. The Bertz CT molecular complexity index is 374. The molecule has 1 atom stereocenters. The van der Waals surface area contributed by atoms with Crippen LogP contribution in [0.4, 0.5) is 17.1 Å². The maximum Gasteiger partial charge on any atom is 0.0568 e. The molecule has 4 heteroatoms. The Labute approximate surface area is 117 Å². The van der Waals surface area contributed by atoms with Gasteiger partial charge in [0.1, 0.15) is 0 Å². The molecule has 1 rings (SSSR count). The van der Waals surface area contributed by atoms with Crippen LogP contribution >= 0.6 is 0 Å². The van der Waals surface area contributed by atoms with Crippen molar-refractivity contribution in [1.29, 1.82) is 0 Å². The van der Waals surface area contributed by atoms with Crippen LogP contribution in [0, 0.1) is 0 Å². The first-order valence-corrected chi connectivity index (χ1v) is 7.20. The van der Waals surface area contributed by atoms with Gasteiger partial charge in [-0.05, 0) is 57.6 Å². The minimum atomic E-state index is 0.443. The molecule has 1 aromatic rings. The zero-order valence-electron chi connectivity index (χ0n) is 12.4. The van der Waals surface area contributed by atoms with Crippen LogP contribution < -0.4 is 16.8 Å². The minimum Gasteiger partial charge on any atom is -0.397 e. The summed E-state index contributed by atoms with van der Waals surface area (Å²) in [6.07, 6.45) is 2.36. The second-order valence-corrected chi connectivity index (χ2v) is 5.06. The molecule has 0 saturated carbocycles. The lowest BCUT2D eigenvalue weighted by molar-refractivity contribution is 0.295. The smallest absolute Gasteiger partial charge is 0.0568 e. The van der Waals surface area contributed by atoms with Crippen molar-refractivity contribution >= 4 is 17.1 Å². The van der Waals surface area contributed by atoms with Crippen molar-refractivity contribution in [3.63, 3.8) is 0 Å². The van der Waals surface area contributed by atoms with Gasteiger partial charge in [0.2, 0.25) is 0 Å². The van der Waals surface area contributed by atoms with Gasteiger partial charge in [0.05, 0.1) is 11.4 Å². The van der Waals surface area contributed by atoms with Gasteiger partial charge in [-0.2, -0.15) is 0 Å². The van der Waals surface area contributed by atoms with Gasteiger partial charge in [0, 0.05) is 11.7 Å². The zero-order chi connectivity index (χ0) is 14.3. The van der Waals surface area contributed by atoms with Gasteiger partial charge in [-0.25, -0.2) is 0 Å². The molecule has 5 N–H and O–H groups in total. The van der Waals surface area contributed by atoms with Crippen LogP contribution in [0.1, 0.15) is 33.6 Å². The highest BCUT2D eigenvalue weighted by molar-refractivity contribution is 5.69. The van der Waals surface area contributed by atoms with Crippen molar-refractivity contribution in [2.45, 2.75) is 39.7 Å². The van der Waals surface area contributed by atoms with Crippen LogP contribution in [0.25, 0.3) is 0 Å². The van der Waals surface area contributed by atoms with E-state index < -0.39 is 0 Å². The fourth-order valence-electron chi connectivity index (χ4n) is 2.18. The van der Waals surface area contributed by atoms with E-state index in [0.29, 0.717) is 17.4 Å². The number of nitrogens with zero attached hydrogens (tertiary/aromatic N) is 1. The van der Waals surface area contributed by atoms with E-state index in [1.54, 1.807) is 0 Å². The minimum absolute atomic E-state index is 0.443. The third-order valence-electron chi connectivity index (χ3n) is 3.51. The summed E-state index contributed by atoms with van der Waals surface area (Å²) in [7, 11) is 0. The second-order valence-electron chi connectivity index (χ2n) is 5.06. The van der Waals surface area contributed by atoms with Crippen molar-refractivity contribution < 1.29 is 0 Å². The number of benzene rings is 1. The molecule has 19 heavy (non-hydrogen) atoms. The summed E-state index contributed by atoms with van der Waals surface area (Å²) in [5.74, 6) is 0. The molecule has 0 bridgehead atoms. The number of rotatable bonds is 8. The molecule has 4 nitrogen and oxygen atoms in total. The van der Waals surface area contributed by atoms with Gasteiger partial charge in [-0.15, -0.1) is 0 Å². The number of nitrogens with one attached hydrogen (secondary N) is 1. The lowest BCUT2D eigenvalue weighted by atomic mass is 10.1. The average molecular weight is 264 g/mol. The van der Waals surface area contributed by atoms with E-state index in [1.807, 2.05) is 18.2 Å². The van der Waals surface area contributed by atoms with Gasteiger partial charge in [-0.3, -0.25) is 0 Å². The summed E-state index contributed by atoms with van der Waals surface area (Å²) in [4.78, 5) is 2.45. The van der Waals surface area contributed by atoms with Gasteiger partial charge in [0.15, 0.2) is 0 Å². The van der Waals surface area contributed by atoms with Gasteiger partial charge < -0.3 is 21.7 Å². The maximum absolute atomic E-state index is 5.80. The SMILES string of the molecule is CCN(CC)CCCC(C)Nc1ccc(N)c(N)c1.